The van der Waals surface area contributed by atoms with Crippen molar-refractivity contribution in [3.63, 3.8) is 0 Å². The zero-order valence-electron chi connectivity index (χ0n) is 16.2. The number of carbonyl (C=O) groups is 1. The zero-order chi connectivity index (χ0) is 20.1. The summed E-state index contributed by atoms with van der Waals surface area (Å²) in [4.78, 5) is 14.6. The van der Waals surface area contributed by atoms with Gasteiger partial charge in [0.25, 0.3) is 5.91 Å². The molecule has 0 aliphatic carbocycles. The van der Waals surface area contributed by atoms with Gasteiger partial charge in [-0.15, -0.1) is 0 Å². The van der Waals surface area contributed by atoms with Crippen molar-refractivity contribution in [1.29, 1.82) is 0 Å². The molecule has 1 saturated heterocycles. The van der Waals surface area contributed by atoms with Crippen molar-refractivity contribution in [2.45, 2.75) is 37.3 Å². The summed E-state index contributed by atoms with van der Waals surface area (Å²) < 4.78 is 33.9. The number of nitrogens with zero attached hydrogens (tertiary/aromatic N) is 1. The molecule has 2 unspecified atom stereocenters. The Hall–Kier alpha value is -2.22. The summed E-state index contributed by atoms with van der Waals surface area (Å²) >= 11 is 0. The third-order valence-corrected chi connectivity index (χ3v) is 6.44. The number of amides is 1. The first-order chi connectivity index (χ1) is 13.4. The van der Waals surface area contributed by atoms with Gasteiger partial charge in [-0.1, -0.05) is 43.3 Å². The fourth-order valence-corrected chi connectivity index (χ4v) is 4.52. The smallest absolute Gasteiger partial charge is 0.254 e. The van der Waals surface area contributed by atoms with Crippen molar-refractivity contribution in [3.8, 4) is 0 Å². The normalized spacial score (nSPS) is 18.6. The van der Waals surface area contributed by atoms with Crippen molar-refractivity contribution < 1.29 is 17.9 Å². The predicted octanol–water partition coefficient (Wildman–Crippen LogP) is 2.98. The van der Waals surface area contributed by atoms with Gasteiger partial charge in [-0.2, -0.15) is 0 Å². The van der Waals surface area contributed by atoms with Crippen LogP contribution in [-0.4, -0.2) is 45.0 Å². The minimum absolute atomic E-state index is 0.0259. The molecule has 0 bridgehead atoms. The molecule has 0 radical (unpaired) electrons. The molecule has 1 amide bonds. The van der Waals surface area contributed by atoms with E-state index in [0.29, 0.717) is 25.3 Å². The highest BCUT2D eigenvalue weighted by Crippen LogP contribution is 2.19. The molecule has 1 aliphatic rings. The first-order valence-electron chi connectivity index (χ1n) is 9.49. The van der Waals surface area contributed by atoms with E-state index < -0.39 is 10.0 Å². The van der Waals surface area contributed by atoms with E-state index in [0.717, 1.165) is 12.0 Å². The van der Waals surface area contributed by atoms with Gasteiger partial charge in [0.05, 0.1) is 17.6 Å². The van der Waals surface area contributed by atoms with Crippen LogP contribution in [0.15, 0.2) is 59.5 Å². The average molecular weight is 403 g/mol. The van der Waals surface area contributed by atoms with E-state index in [9.17, 15) is 13.2 Å². The molecule has 1 aliphatic heterocycles. The number of ether oxygens (including phenoxy) is 1. The Labute approximate surface area is 166 Å². The van der Waals surface area contributed by atoms with Gasteiger partial charge in [0, 0.05) is 24.7 Å². The van der Waals surface area contributed by atoms with Gasteiger partial charge in [-0.3, -0.25) is 4.79 Å². The summed E-state index contributed by atoms with van der Waals surface area (Å²) in [5.41, 5.74) is 1.24. The Morgan fingerprint density at radius 1 is 1.21 bits per heavy atom. The fourth-order valence-electron chi connectivity index (χ4n) is 3.24. The third kappa shape index (κ3) is 4.79. The Bertz CT molecular complexity index is 915. The minimum Gasteiger partial charge on any atom is -0.375 e. The highest BCUT2D eigenvalue weighted by Gasteiger charge is 2.25. The number of sulfonamides is 1. The molecule has 0 saturated carbocycles. The van der Waals surface area contributed by atoms with Gasteiger partial charge in [0.2, 0.25) is 10.0 Å². The second-order valence-electron chi connectivity index (χ2n) is 6.93. The number of benzene rings is 2. The van der Waals surface area contributed by atoms with Gasteiger partial charge >= 0.3 is 0 Å². The number of hydrogen-bond donors (Lipinski definition) is 1. The molecule has 2 atom stereocenters. The third-order valence-electron chi connectivity index (χ3n) is 4.90. The summed E-state index contributed by atoms with van der Waals surface area (Å²) in [6.07, 6.45) is 0.859. The molecule has 7 heteroatoms. The number of nitrogens with one attached hydrogen (secondary N) is 1. The summed E-state index contributed by atoms with van der Waals surface area (Å²) in [5, 5.41) is 0. The topological polar surface area (TPSA) is 75.7 Å². The summed E-state index contributed by atoms with van der Waals surface area (Å²) in [6, 6.07) is 15.2. The van der Waals surface area contributed by atoms with Crippen LogP contribution in [0.3, 0.4) is 0 Å². The predicted molar refractivity (Wildman–Crippen MR) is 108 cm³/mol. The van der Waals surface area contributed by atoms with E-state index in [4.69, 9.17) is 4.74 Å². The Kier molecular flexibility index (Phi) is 6.49. The van der Waals surface area contributed by atoms with E-state index >= 15 is 0 Å². The lowest BCUT2D eigenvalue weighted by Gasteiger charge is -2.32. The average Bonchev–Trinajstić information content (AvgIpc) is 2.73. The maximum Gasteiger partial charge on any atom is 0.254 e. The van der Waals surface area contributed by atoms with E-state index in [1.165, 1.54) is 12.1 Å². The second-order valence-corrected chi connectivity index (χ2v) is 8.65. The van der Waals surface area contributed by atoms with Crippen LogP contribution in [0.5, 0.6) is 0 Å². The molecule has 1 heterocycles. The number of rotatable bonds is 6. The molecular formula is C21H26N2O4S. The molecule has 1 N–H and O–H groups in total. The Balaban J connectivity index is 1.77. The number of hydrogen-bond acceptors (Lipinski definition) is 4. The molecule has 28 heavy (non-hydrogen) atoms. The van der Waals surface area contributed by atoms with Crippen LogP contribution < -0.4 is 4.72 Å². The molecule has 0 aromatic heterocycles. The van der Waals surface area contributed by atoms with E-state index in [2.05, 4.69) is 4.72 Å². The molecular weight excluding hydrogens is 376 g/mol. The van der Waals surface area contributed by atoms with E-state index in [-0.39, 0.29) is 22.9 Å². The molecule has 6 nitrogen and oxygen atoms in total. The monoisotopic (exact) mass is 402 g/mol. The number of carbonyl (C=O) groups excluding carboxylic acids is 1. The number of morpholine rings is 1. The minimum atomic E-state index is -3.76. The van der Waals surface area contributed by atoms with Crippen molar-refractivity contribution in [3.05, 3.63) is 65.7 Å². The largest absolute Gasteiger partial charge is 0.375 e. The van der Waals surface area contributed by atoms with Crippen LogP contribution in [0.1, 0.15) is 42.2 Å². The van der Waals surface area contributed by atoms with Gasteiger partial charge < -0.3 is 9.64 Å². The van der Waals surface area contributed by atoms with Crippen molar-refractivity contribution >= 4 is 15.9 Å². The van der Waals surface area contributed by atoms with Gasteiger partial charge in [0.15, 0.2) is 0 Å². The van der Waals surface area contributed by atoms with Crippen molar-refractivity contribution in [2.75, 3.05) is 19.7 Å². The maximum absolute atomic E-state index is 12.8. The van der Waals surface area contributed by atoms with Crippen LogP contribution in [0.2, 0.25) is 0 Å². The van der Waals surface area contributed by atoms with Crippen LogP contribution in [0, 0.1) is 0 Å². The fraction of sp³-hybridized carbons (Fsp3) is 0.381. The standard InChI is InChI=1S/C21H26N2O4S/c1-3-19-15-23(12-13-27-19)21(24)18-10-7-11-20(14-18)28(25,26)22-16(2)17-8-5-4-6-9-17/h4-11,14,16,19,22H,3,12-13,15H2,1-2H3. The molecule has 0 spiro atoms. The highest BCUT2D eigenvalue weighted by molar-refractivity contribution is 7.89. The van der Waals surface area contributed by atoms with Gasteiger partial charge in [0.1, 0.15) is 0 Å². The first kappa shape index (κ1) is 20.5. The van der Waals surface area contributed by atoms with Crippen LogP contribution in [0.4, 0.5) is 0 Å². The SMILES string of the molecule is CCC1CN(C(=O)c2cccc(S(=O)(=O)NC(C)c3ccccc3)c2)CCO1. The second kappa shape index (κ2) is 8.86. The first-order valence-corrected chi connectivity index (χ1v) is 11.0. The highest BCUT2D eigenvalue weighted by atomic mass is 32.2. The Morgan fingerprint density at radius 3 is 2.68 bits per heavy atom. The molecule has 150 valence electrons. The van der Waals surface area contributed by atoms with Crippen LogP contribution in [-0.2, 0) is 14.8 Å². The lowest BCUT2D eigenvalue weighted by molar-refractivity contribution is -0.0226. The van der Waals surface area contributed by atoms with E-state index in [1.807, 2.05) is 37.3 Å². The van der Waals surface area contributed by atoms with Crippen LogP contribution >= 0.6 is 0 Å². The summed E-state index contributed by atoms with van der Waals surface area (Å²) in [7, 11) is -3.76. The quantitative estimate of drug-likeness (QED) is 0.806. The molecule has 2 aromatic rings. The molecule has 1 fully saturated rings. The van der Waals surface area contributed by atoms with E-state index in [1.54, 1.807) is 24.0 Å². The van der Waals surface area contributed by atoms with Gasteiger partial charge in [-0.05, 0) is 37.1 Å². The lowest BCUT2D eigenvalue weighted by Crippen LogP contribution is -2.45. The Morgan fingerprint density at radius 2 is 1.96 bits per heavy atom. The van der Waals surface area contributed by atoms with Crippen molar-refractivity contribution in [1.82, 2.24) is 9.62 Å². The lowest BCUT2D eigenvalue weighted by atomic mass is 10.1. The molecule has 2 aromatic carbocycles. The zero-order valence-corrected chi connectivity index (χ0v) is 17.0. The summed E-state index contributed by atoms with van der Waals surface area (Å²) in [5.74, 6) is -0.171. The van der Waals surface area contributed by atoms with Gasteiger partial charge in [-0.25, -0.2) is 13.1 Å². The van der Waals surface area contributed by atoms with Crippen LogP contribution in [0.25, 0.3) is 0 Å². The van der Waals surface area contributed by atoms with Crippen molar-refractivity contribution in [2.24, 2.45) is 0 Å². The maximum atomic E-state index is 12.8. The molecule has 3 rings (SSSR count). The summed E-state index contributed by atoms with van der Waals surface area (Å²) in [6.45, 7) is 5.34.